The zero-order valence-corrected chi connectivity index (χ0v) is 10.2. The molecule has 1 aromatic carbocycles. The van der Waals surface area contributed by atoms with Gasteiger partial charge in [-0.25, -0.2) is 4.68 Å². The van der Waals surface area contributed by atoms with E-state index in [1.807, 2.05) is 24.3 Å². The number of hydrogen-bond acceptors (Lipinski definition) is 3. The minimum absolute atomic E-state index is 0.653. The van der Waals surface area contributed by atoms with E-state index >= 15 is 0 Å². The molecular formula is C12H15ClN4. The van der Waals surface area contributed by atoms with Crippen molar-refractivity contribution in [2.24, 2.45) is 5.73 Å². The smallest absolute Gasteiger partial charge is 0.130 e. The minimum atomic E-state index is 0.653. The van der Waals surface area contributed by atoms with Crippen LogP contribution in [-0.2, 0) is 6.42 Å². The standard InChI is InChI=1S/C12H15ClN4/c13-10-4-1-5-11(7-10)17-12(15)9(8-16-17)3-2-6-14/h1,4-5,7-8H,2-3,6,14-15H2. The topological polar surface area (TPSA) is 69.9 Å². The summed E-state index contributed by atoms with van der Waals surface area (Å²) in [6.07, 6.45) is 3.54. The van der Waals surface area contributed by atoms with Gasteiger partial charge < -0.3 is 11.5 Å². The molecule has 0 amide bonds. The lowest BCUT2D eigenvalue weighted by Crippen LogP contribution is -2.04. The largest absolute Gasteiger partial charge is 0.383 e. The summed E-state index contributed by atoms with van der Waals surface area (Å²) < 4.78 is 1.69. The van der Waals surface area contributed by atoms with Crippen LogP contribution in [0.5, 0.6) is 0 Å². The molecule has 4 nitrogen and oxygen atoms in total. The van der Waals surface area contributed by atoms with E-state index in [0.29, 0.717) is 17.4 Å². The molecule has 1 aromatic heterocycles. The van der Waals surface area contributed by atoms with Crippen LogP contribution in [0.25, 0.3) is 5.69 Å². The van der Waals surface area contributed by atoms with Gasteiger partial charge in [0.2, 0.25) is 0 Å². The highest BCUT2D eigenvalue weighted by Crippen LogP contribution is 2.20. The molecule has 0 unspecified atom stereocenters. The van der Waals surface area contributed by atoms with Crippen LogP contribution < -0.4 is 11.5 Å². The molecule has 0 atom stereocenters. The predicted octanol–water partition coefficient (Wildman–Crippen LogP) is 2.00. The molecular weight excluding hydrogens is 236 g/mol. The fourth-order valence-corrected chi connectivity index (χ4v) is 1.88. The summed E-state index contributed by atoms with van der Waals surface area (Å²) in [6.45, 7) is 0.655. The zero-order chi connectivity index (χ0) is 12.3. The predicted molar refractivity (Wildman–Crippen MR) is 70.4 cm³/mol. The molecule has 2 aromatic rings. The van der Waals surface area contributed by atoms with Gasteiger partial charge in [0.05, 0.1) is 11.9 Å². The average molecular weight is 251 g/mol. The van der Waals surface area contributed by atoms with Gasteiger partial charge >= 0.3 is 0 Å². The van der Waals surface area contributed by atoms with Crippen molar-refractivity contribution in [2.75, 3.05) is 12.3 Å². The highest BCUT2D eigenvalue weighted by atomic mass is 35.5. The zero-order valence-electron chi connectivity index (χ0n) is 9.44. The van der Waals surface area contributed by atoms with E-state index in [1.165, 1.54) is 0 Å². The minimum Gasteiger partial charge on any atom is -0.383 e. The Morgan fingerprint density at radius 2 is 2.18 bits per heavy atom. The van der Waals surface area contributed by atoms with Crippen LogP contribution in [-0.4, -0.2) is 16.3 Å². The van der Waals surface area contributed by atoms with E-state index < -0.39 is 0 Å². The summed E-state index contributed by atoms with van der Waals surface area (Å²) in [5.74, 6) is 0.653. The third kappa shape index (κ3) is 2.60. The van der Waals surface area contributed by atoms with E-state index in [1.54, 1.807) is 10.9 Å². The highest BCUT2D eigenvalue weighted by molar-refractivity contribution is 6.30. The molecule has 0 spiro atoms. The first kappa shape index (κ1) is 12.0. The molecule has 17 heavy (non-hydrogen) atoms. The van der Waals surface area contributed by atoms with Crippen molar-refractivity contribution in [1.29, 1.82) is 0 Å². The van der Waals surface area contributed by atoms with Crippen LogP contribution in [0, 0.1) is 0 Å². The average Bonchev–Trinajstić information content (AvgIpc) is 2.68. The molecule has 90 valence electrons. The Balaban J connectivity index is 2.30. The van der Waals surface area contributed by atoms with E-state index in [-0.39, 0.29) is 0 Å². The second-order valence-corrected chi connectivity index (χ2v) is 4.28. The second kappa shape index (κ2) is 5.21. The summed E-state index contributed by atoms with van der Waals surface area (Å²) in [6, 6.07) is 7.44. The quantitative estimate of drug-likeness (QED) is 0.872. The molecule has 5 heteroatoms. The molecule has 0 aliphatic carbocycles. The number of aryl methyl sites for hydroxylation is 1. The second-order valence-electron chi connectivity index (χ2n) is 3.84. The SMILES string of the molecule is NCCCc1cnn(-c2cccc(Cl)c2)c1N. The van der Waals surface area contributed by atoms with E-state index in [9.17, 15) is 0 Å². The third-order valence-corrected chi connectivity index (χ3v) is 2.82. The molecule has 0 fully saturated rings. The van der Waals surface area contributed by atoms with Crippen molar-refractivity contribution in [3.05, 3.63) is 41.0 Å². The Bertz CT molecular complexity index is 507. The Labute approximate surface area is 105 Å². The first-order chi connectivity index (χ1) is 8.22. The maximum absolute atomic E-state index is 6.04. The number of anilines is 1. The number of benzene rings is 1. The van der Waals surface area contributed by atoms with Gasteiger partial charge in [0.15, 0.2) is 0 Å². The monoisotopic (exact) mass is 250 g/mol. The molecule has 0 aliphatic heterocycles. The number of aromatic nitrogens is 2. The molecule has 2 rings (SSSR count). The summed E-state index contributed by atoms with van der Waals surface area (Å²) >= 11 is 5.94. The summed E-state index contributed by atoms with van der Waals surface area (Å²) in [4.78, 5) is 0. The van der Waals surface area contributed by atoms with Gasteiger partial charge in [-0.15, -0.1) is 0 Å². The third-order valence-electron chi connectivity index (χ3n) is 2.59. The lowest BCUT2D eigenvalue weighted by Gasteiger charge is -2.05. The van der Waals surface area contributed by atoms with Crippen molar-refractivity contribution >= 4 is 17.4 Å². The van der Waals surface area contributed by atoms with Gasteiger partial charge in [-0.2, -0.15) is 5.10 Å². The van der Waals surface area contributed by atoms with Crippen molar-refractivity contribution in [2.45, 2.75) is 12.8 Å². The van der Waals surface area contributed by atoms with E-state index in [2.05, 4.69) is 5.10 Å². The number of nitrogens with two attached hydrogens (primary N) is 2. The lowest BCUT2D eigenvalue weighted by atomic mass is 10.2. The summed E-state index contributed by atoms with van der Waals surface area (Å²) in [5, 5.41) is 4.94. The van der Waals surface area contributed by atoms with E-state index in [4.69, 9.17) is 23.1 Å². The van der Waals surface area contributed by atoms with Gasteiger partial charge in [-0.1, -0.05) is 17.7 Å². The Morgan fingerprint density at radius 3 is 2.88 bits per heavy atom. The van der Waals surface area contributed by atoms with Gasteiger partial charge in [-0.05, 0) is 37.6 Å². The fourth-order valence-electron chi connectivity index (χ4n) is 1.69. The van der Waals surface area contributed by atoms with Crippen LogP contribution in [0.2, 0.25) is 5.02 Å². The molecule has 4 N–H and O–H groups in total. The Morgan fingerprint density at radius 1 is 1.35 bits per heavy atom. The Kier molecular flexibility index (Phi) is 3.66. The maximum Gasteiger partial charge on any atom is 0.130 e. The van der Waals surface area contributed by atoms with Crippen LogP contribution in [0.3, 0.4) is 0 Å². The summed E-state index contributed by atoms with van der Waals surface area (Å²) in [5.41, 5.74) is 13.4. The van der Waals surface area contributed by atoms with Crippen molar-refractivity contribution < 1.29 is 0 Å². The first-order valence-electron chi connectivity index (χ1n) is 5.50. The number of rotatable bonds is 4. The van der Waals surface area contributed by atoms with Gasteiger partial charge in [0.25, 0.3) is 0 Å². The van der Waals surface area contributed by atoms with Crippen LogP contribution >= 0.6 is 11.6 Å². The summed E-state index contributed by atoms with van der Waals surface area (Å²) in [7, 11) is 0. The van der Waals surface area contributed by atoms with Crippen molar-refractivity contribution in [1.82, 2.24) is 9.78 Å². The van der Waals surface area contributed by atoms with Crippen LogP contribution in [0.4, 0.5) is 5.82 Å². The number of halogens is 1. The number of nitrogen functional groups attached to an aromatic ring is 1. The Hall–Kier alpha value is -1.52. The number of nitrogens with zero attached hydrogens (tertiary/aromatic N) is 2. The fraction of sp³-hybridized carbons (Fsp3) is 0.250. The van der Waals surface area contributed by atoms with Crippen LogP contribution in [0.15, 0.2) is 30.5 Å². The maximum atomic E-state index is 6.04. The van der Waals surface area contributed by atoms with Gasteiger partial charge in [0.1, 0.15) is 5.82 Å². The molecule has 0 aliphatic rings. The van der Waals surface area contributed by atoms with E-state index in [0.717, 1.165) is 24.1 Å². The molecule has 1 heterocycles. The highest BCUT2D eigenvalue weighted by Gasteiger charge is 2.08. The molecule has 0 bridgehead atoms. The molecule has 0 saturated carbocycles. The van der Waals surface area contributed by atoms with Crippen LogP contribution in [0.1, 0.15) is 12.0 Å². The van der Waals surface area contributed by atoms with Gasteiger partial charge in [0, 0.05) is 10.6 Å². The van der Waals surface area contributed by atoms with Gasteiger partial charge in [-0.3, -0.25) is 0 Å². The van der Waals surface area contributed by atoms with Crippen molar-refractivity contribution in [3.63, 3.8) is 0 Å². The molecule has 0 radical (unpaired) electrons. The normalized spacial score (nSPS) is 10.7. The number of hydrogen-bond donors (Lipinski definition) is 2. The first-order valence-corrected chi connectivity index (χ1v) is 5.88. The lowest BCUT2D eigenvalue weighted by molar-refractivity contribution is 0.834. The van der Waals surface area contributed by atoms with Crippen molar-refractivity contribution in [3.8, 4) is 5.69 Å². The molecule has 0 saturated heterocycles.